The van der Waals surface area contributed by atoms with Gasteiger partial charge in [0.1, 0.15) is 18.2 Å². The molecule has 0 aliphatic carbocycles. The highest BCUT2D eigenvalue weighted by atomic mass is 127. The molecule has 0 unspecified atom stereocenters. The lowest BCUT2D eigenvalue weighted by molar-refractivity contribution is -0.122. The maximum atomic E-state index is 13.2. The fraction of sp³-hybridized carbons (Fsp3) is 0.120. The van der Waals surface area contributed by atoms with Crippen molar-refractivity contribution in [3.8, 4) is 5.75 Å². The summed E-state index contributed by atoms with van der Waals surface area (Å²) in [4.78, 5) is 19.6. The molecule has 0 aromatic heterocycles. The molecule has 0 saturated carbocycles. The van der Waals surface area contributed by atoms with E-state index >= 15 is 0 Å². The second-order valence-corrected chi connectivity index (χ2v) is 9.74. The van der Waals surface area contributed by atoms with E-state index < -0.39 is 0 Å². The van der Waals surface area contributed by atoms with E-state index in [1.54, 1.807) is 17.0 Å². The average Bonchev–Trinajstić information content (AvgIpc) is 3.09. The number of ether oxygens (including phenoxy) is 1. The molecule has 1 aliphatic rings. The van der Waals surface area contributed by atoms with Crippen LogP contribution < -0.4 is 4.74 Å². The van der Waals surface area contributed by atoms with Crippen LogP contribution in [0.3, 0.4) is 0 Å². The monoisotopic (exact) mass is 592 g/mol. The summed E-state index contributed by atoms with van der Waals surface area (Å²) < 4.78 is 20.1. The normalized spacial score (nSPS) is 16.1. The molecule has 168 valence electrons. The van der Waals surface area contributed by atoms with Crippen molar-refractivity contribution < 1.29 is 13.9 Å². The van der Waals surface area contributed by atoms with Crippen LogP contribution in [0.1, 0.15) is 18.1 Å². The summed E-state index contributed by atoms with van der Waals surface area (Å²) in [7, 11) is 0. The van der Waals surface area contributed by atoms with Gasteiger partial charge in [0.2, 0.25) is 0 Å². The van der Waals surface area contributed by atoms with Gasteiger partial charge in [-0.25, -0.2) is 9.38 Å². The fourth-order valence-electron chi connectivity index (χ4n) is 3.11. The molecule has 0 spiro atoms. The molecule has 0 bridgehead atoms. The van der Waals surface area contributed by atoms with E-state index in [9.17, 15) is 9.18 Å². The van der Waals surface area contributed by atoms with Gasteiger partial charge in [-0.05, 0) is 107 Å². The van der Waals surface area contributed by atoms with Gasteiger partial charge in [0, 0.05) is 11.6 Å². The lowest BCUT2D eigenvalue weighted by Gasteiger charge is -2.12. The van der Waals surface area contributed by atoms with Crippen LogP contribution in [0.4, 0.5) is 10.1 Å². The number of amides is 1. The van der Waals surface area contributed by atoms with E-state index in [2.05, 4.69) is 27.6 Å². The molecule has 0 radical (unpaired) electrons. The highest BCUT2D eigenvalue weighted by molar-refractivity contribution is 14.1. The first-order valence-corrected chi connectivity index (χ1v) is 12.4. The summed E-state index contributed by atoms with van der Waals surface area (Å²) in [5.74, 6) is 0.352. The molecular weight excluding hydrogens is 574 g/mol. The number of amidine groups is 1. The van der Waals surface area contributed by atoms with Crippen LogP contribution in [0.5, 0.6) is 5.75 Å². The third-order valence-electron chi connectivity index (χ3n) is 4.82. The number of rotatable bonds is 6. The van der Waals surface area contributed by atoms with Crippen molar-refractivity contribution in [2.75, 3.05) is 6.54 Å². The molecule has 1 saturated heterocycles. The first-order chi connectivity index (χ1) is 15.9. The summed E-state index contributed by atoms with van der Waals surface area (Å²) >= 11 is 9.47. The first-order valence-electron chi connectivity index (χ1n) is 10.2. The van der Waals surface area contributed by atoms with Crippen LogP contribution in [0.15, 0.2) is 76.6 Å². The van der Waals surface area contributed by atoms with Gasteiger partial charge < -0.3 is 4.74 Å². The van der Waals surface area contributed by atoms with Gasteiger partial charge in [-0.1, -0.05) is 29.8 Å². The summed E-state index contributed by atoms with van der Waals surface area (Å²) in [6.45, 7) is 2.84. The van der Waals surface area contributed by atoms with E-state index in [1.807, 2.05) is 55.5 Å². The topological polar surface area (TPSA) is 41.9 Å². The van der Waals surface area contributed by atoms with Gasteiger partial charge in [0.25, 0.3) is 5.91 Å². The minimum Gasteiger partial charge on any atom is -0.488 e. The highest BCUT2D eigenvalue weighted by Gasteiger charge is 2.32. The summed E-state index contributed by atoms with van der Waals surface area (Å²) in [5, 5.41) is 1.27. The Morgan fingerprint density at radius 2 is 1.85 bits per heavy atom. The smallest absolute Gasteiger partial charge is 0.266 e. The number of halogens is 3. The van der Waals surface area contributed by atoms with Crippen LogP contribution >= 0.6 is 46.0 Å². The molecule has 1 amide bonds. The number of likely N-dealkylation sites (N-methyl/N-ethyl adjacent to an activating group) is 1. The van der Waals surface area contributed by atoms with Gasteiger partial charge in [-0.15, -0.1) is 0 Å². The second kappa shape index (κ2) is 10.7. The minimum absolute atomic E-state index is 0.0959. The summed E-state index contributed by atoms with van der Waals surface area (Å²) in [6.07, 6.45) is 1.86. The van der Waals surface area contributed by atoms with Gasteiger partial charge in [0.15, 0.2) is 5.17 Å². The van der Waals surface area contributed by atoms with Crippen molar-refractivity contribution in [2.45, 2.75) is 13.5 Å². The molecule has 33 heavy (non-hydrogen) atoms. The van der Waals surface area contributed by atoms with Gasteiger partial charge >= 0.3 is 0 Å². The number of carbonyl (C=O) groups excluding carboxylic acids is 1. The SMILES string of the molecule is CCN1C(=O)/C(=C\c2ccc(OCc3ccc(Cl)cc3)c(I)c2)SC1=Nc1ccc(F)cc1. The average molecular weight is 593 g/mol. The molecule has 0 atom stereocenters. The van der Waals surface area contributed by atoms with Crippen molar-refractivity contribution in [3.05, 3.63) is 97.2 Å². The molecule has 8 heteroatoms. The van der Waals surface area contributed by atoms with E-state index in [4.69, 9.17) is 16.3 Å². The van der Waals surface area contributed by atoms with Crippen molar-refractivity contribution in [3.63, 3.8) is 0 Å². The van der Waals surface area contributed by atoms with Crippen molar-refractivity contribution in [1.29, 1.82) is 0 Å². The first kappa shape index (κ1) is 23.8. The Balaban J connectivity index is 1.50. The zero-order chi connectivity index (χ0) is 23.4. The van der Waals surface area contributed by atoms with E-state index in [1.165, 1.54) is 23.9 Å². The maximum Gasteiger partial charge on any atom is 0.266 e. The lowest BCUT2D eigenvalue weighted by Crippen LogP contribution is -2.28. The number of aliphatic imine (C=N–C) groups is 1. The molecule has 4 nitrogen and oxygen atoms in total. The van der Waals surface area contributed by atoms with E-state index in [0.717, 1.165) is 20.4 Å². The number of hydrogen-bond acceptors (Lipinski definition) is 4. The zero-order valence-corrected chi connectivity index (χ0v) is 21.3. The fourth-order valence-corrected chi connectivity index (χ4v) is 5.00. The van der Waals surface area contributed by atoms with Gasteiger partial charge in [-0.2, -0.15) is 0 Å². The van der Waals surface area contributed by atoms with Gasteiger partial charge in [-0.3, -0.25) is 9.69 Å². The second-order valence-electron chi connectivity index (χ2n) is 7.14. The van der Waals surface area contributed by atoms with Crippen molar-refractivity contribution >= 4 is 68.8 Å². The Hall–Kier alpha value is -2.36. The summed E-state index contributed by atoms with van der Waals surface area (Å²) in [5.41, 5.74) is 2.53. The quantitative estimate of drug-likeness (QED) is 0.223. The number of thioether (sulfide) groups is 1. The molecule has 1 aliphatic heterocycles. The molecule has 0 N–H and O–H groups in total. The molecular formula is C25H19ClFIN2O2S. The number of benzene rings is 3. The Kier molecular flexibility index (Phi) is 7.72. The third-order valence-corrected chi connectivity index (χ3v) is 6.92. The van der Waals surface area contributed by atoms with Crippen molar-refractivity contribution in [1.82, 2.24) is 4.90 Å². The van der Waals surface area contributed by atoms with Crippen LogP contribution in [0, 0.1) is 9.39 Å². The number of nitrogens with zero attached hydrogens (tertiary/aromatic N) is 2. The van der Waals surface area contributed by atoms with Crippen molar-refractivity contribution in [2.24, 2.45) is 4.99 Å². The zero-order valence-electron chi connectivity index (χ0n) is 17.6. The van der Waals surface area contributed by atoms with Crippen LogP contribution in [0.25, 0.3) is 6.08 Å². The number of hydrogen-bond donors (Lipinski definition) is 0. The maximum absolute atomic E-state index is 13.2. The molecule has 1 heterocycles. The number of carbonyl (C=O) groups is 1. The predicted molar refractivity (Wildman–Crippen MR) is 141 cm³/mol. The Morgan fingerprint density at radius 3 is 2.52 bits per heavy atom. The van der Waals surface area contributed by atoms with Crippen LogP contribution in [0.2, 0.25) is 5.02 Å². The van der Waals surface area contributed by atoms with Gasteiger partial charge in [0.05, 0.1) is 14.2 Å². The largest absolute Gasteiger partial charge is 0.488 e. The van der Waals surface area contributed by atoms with E-state index in [0.29, 0.717) is 33.9 Å². The standard InChI is InChI=1S/C25H19ClFIN2O2S/c1-2-30-24(31)23(33-25(30)29-20-10-8-19(27)9-11-20)14-17-5-12-22(21(28)13-17)32-15-16-3-6-18(26)7-4-16/h3-14H,2,15H2,1H3/b23-14+,29-25?. The Bertz CT molecular complexity index is 1230. The lowest BCUT2D eigenvalue weighted by atomic mass is 10.2. The minimum atomic E-state index is -0.322. The molecule has 1 fully saturated rings. The van der Waals surface area contributed by atoms with Crippen LogP contribution in [-0.4, -0.2) is 22.5 Å². The molecule has 3 aromatic carbocycles. The van der Waals surface area contributed by atoms with E-state index in [-0.39, 0.29) is 11.7 Å². The Morgan fingerprint density at radius 1 is 1.12 bits per heavy atom. The highest BCUT2D eigenvalue weighted by Crippen LogP contribution is 2.35. The van der Waals surface area contributed by atoms with Crippen LogP contribution in [-0.2, 0) is 11.4 Å². The predicted octanol–water partition coefficient (Wildman–Crippen LogP) is 7.29. The third kappa shape index (κ3) is 5.96. The molecule has 3 aromatic rings. The Labute approximate surface area is 214 Å². The molecule has 4 rings (SSSR count). The summed E-state index contributed by atoms with van der Waals surface area (Å²) in [6, 6.07) is 19.2.